The zero-order valence-corrected chi connectivity index (χ0v) is 20.0. The molecule has 0 fully saturated rings. The topological polar surface area (TPSA) is 86.7 Å². The summed E-state index contributed by atoms with van der Waals surface area (Å²) in [6.07, 6.45) is 7.96. The van der Waals surface area contributed by atoms with Crippen molar-refractivity contribution in [3.8, 4) is 0 Å². The second-order valence-corrected chi connectivity index (χ2v) is 10.8. The second-order valence-electron chi connectivity index (χ2n) is 9.05. The second kappa shape index (κ2) is 12.3. The highest BCUT2D eigenvalue weighted by Gasteiger charge is 2.28. The number of carboxylic acid groups (broad SMARTS) is 1. The lowest BCUT2D eigenvalue weighted by atomic mass is 10.0. The Morgan fingerprint density at radius 1 is 1.13 bits per heavy atom. The molecule has 0 radical (unpaired) electrons. The molecule has 0 spiro atoms. The first-order chi connectivity index (χ1) is 13.9. The minimum Gasteiger partial charge on any atom is -0.481 e. The third-order valence-electron chi connectivity index (χ3n) is 4.96. The van der Waals surface area contributed by atoms with Crippen LogP contribution in [0, 0.1) is 0 Å². The van der Waals surface area contributed by atoms with Crippen LogP contribution in [-0.4, -0.2) is 64.8 Å². The van der Waals surface area contributed by atoms with Crippen LogP contribution in [0.3, 0.4) is 0 Å². The molecule has 0 heterocycles. The maximum atomic E-state index is 12.9. The summed E-state index contributed by atoms with van der Waals surface area (Å²) in [5.41, 5.74) is 1.68. The zero-order valence-electron chi connectivity index (χ0n) is 19.2. The molecule has 2 N–H and O–H groups in total. The number of nitrogens with one attached hydrogen (secondary N) is 1. The first-order valence-electron chi connectivity index (χ1n) is 10.8. The van der Waals surface area contributed by atoms with E-state index in [1.165, 1.54) is 43.5 Å². The number of likely N-dealkylation sites (N-methyl/N-ethyl adjacent to an activating group) is 1. The smallest absolute Gasteiger partial charge is 0.305 e. The summed E-state index contributed by atoms with van der Waals surface area (Å²) in [5.74, 6) is -1.03. The molecular weight excluding hydrogens is 402 g/mol. The lowest BCUT2D eigenvalue weighted by Crippen LogP contribution is -2.52. The van der Waals surface area contributed by atoms with Crippen molar-refractivity contribution in [3.05, 3.63) is 29.8 Å². The van der Waals surface area contributed by atoms with Crippen molar-refractivity contribution in [2.75, 3.05) is 39.0 Å². The van der Waals surface area contributed by atoms with E-state index in [-0.39, 0.29) is 6.42 Å². The van der Waals surface area contributed by atoms with Crippen molar-refractivity contribution < 1.29 is 22.8 Å². The number of quaternary nitrogens is 1. The van der Waals surface area contributed by atoms with Gasteiger partial charge >= 0.3 is 16.2 Å². The van der Waals surface area contributed by atoms with E-state index in [1.54, 1.807) is 6.07 Å². The molecule has 0 aliphatic heterocycles. The Kier molecular flexibility index (Phi) is 10.8. The highest BCUT2D eigenvalue weighted by atomic mass is 32.2. The third-order valence-corrected chi connectivity index (χ3v) is 6.52. The van der Waals surface area contributed by atoms with E-state index in [0.29, 0.717) is 16.7 Å². The number of aryl methyl sites for hydroxylation is 1. The molecule has 1 aromatic rings. The van der Waals surface area contributed by atoms with Crippen molar-refractivity contribution in [2.45, 2.75) is 64.3 Å². The number of hydrogen-bond donors (Lipinski definition) is 2. The predicted molar refractivity (Wildman–Crippen MR) is 123 cm³/mol. The van der Waals surface area contributed by atoms with Crippen LogP contribution in [0.4, 0.5) is 5.69 Å². The van der Waals surface area contributed by atoms with Crippen LogP contribution >= 0.6 is 0 Å². The Labute approximate surface area is 182 Å². The molecule has 0 saturated heterocycles. The van der Waals surface area contributed by atoms with E-state index in [4.69, 9.17) is 5.11 Å². The number of aliphatic carboxylic acids is 1. The highest BCUT2D eigenvalue weighted by molar-refractivity contribution is 7.90. The highest BCUT2D eigenvalue weighted by Crippen LogP contribution is 2.20. The van der Waals surface area contributed by atoms with E-state index in [1.807, 2.05) is 39.3 Å². The molecule has 7 nitrogen and oxygen atoms in total. The molecule has 0 saturated carbocycles. The van der Waals surface area contributed by atoms with Crippen molar-refractivity contribution in [1.82, 2.24) is 4.72 Å². The Morgan fingerprint density at radius 3 is 2.37 bits per heavy atom. The molecule has 0 aliphatic carbocycles. The van der Waals surface area contributed by atoms with Crippen LogP contribution in [0.1, 0.15) is 57.4 Å². The lowest BCUT2D eigenvalue weighted by Gasteiger charge is -2.30. The fourth-order valence-corrected chi connectivity index (χ4v) is 4.59. The summed E-state index contributed by atoms with van der Waals surface area (Å²) in [6, 6.07) is 6.86. The summed E-state index contributed by atoms with van der Waals surface area (Å²) in [5, 5.41) is 9.16. The molecule has 1 atom stereocenters. The molecule has 8 heteroatoms. The van der Waals surface area contributed by atoms with Gasteiger partial charge in [-0.05, 0) is 30.5 Å². The van der Waals surface area contributed by atoms with E-state index < -0.39 is 22.2 Å². The number of hydrogen-bond acceptors (Lipinski definition) is 3. The Morgan fingerprint density at radius 2 is 1.77 bits per heavy atom. The minimum absolute atomic E-state index is 0.263. The normalized spacial score (nSPS) is 13.2. The number of carboxylic acids is 1. The van der Waals surface area contributed by atoms with Crippen LogP contribution in [0.15, 0.2) is 24.3 Å². The molecule has 1 rings (SSSR count). The molecule has 0 unspecified atom stereocenters. The predicted octanol–water partition coefficient (Wildman–Crippen LogP) is 3.41. The van der Waals surface area contributed by atoms with Crippen LogP contribution in [0.2, 0.25) is 0 Å². The molecule has 0 bridgehead atoms. The average molecular weight is 443 g/mol. The summed E-state index contributed by atoms with van der Waals surface area (Å²) in [7, 11) is 3.33. The monoisotopic (exact) mass is 442 g/mol. The minimum atomic E-state index is -3.87. The third kappa shape index (κ3) is 10.4. The van der Waals surface area contributed by atoms with Crippen LogP contribution in [0.5, 0.6) is 0 Å². The quantitative estimate of drug-likeness (QED) is 0.322. The number of benzene rings is 1. The summed E-state index contributed by atoms with van der Waals surface area (Å²) < 4.78 is 30.0. The van der Waals surface area contributed by atoms with Crippen molar-refractivity contribution in [1.29, 1.82) is 0 Å². The number of unbranched alkanes of at least 4 members (excludes halogenated alkanes) is 5. The maximum Gasteiger partial charge on any atom is 0.305 e. The summed E-state index contributed by atoms with van der Waals surface area (Å²) in [4.78, 5) is 11.2. The maximum absolute atomic E-state index is 12.9. The van der Waals surface area contributed by atoms with E-state index in [2.05, 4.69) is 11.6 Å². The first-order valence-corrected chi connectivity index (χ1v) is 12.3. The number of anilines is 1. The summed E-state index contributed by atoms with van der Waals surface area (Å²) >= 11 is 0. The van der Waals surface area contributed by atoms with Crippen molar-refractivity contribution in [2.24, 2.45) is 0 Å². The fraction of sp³-hybridized carbons (Fsp3) is 0.682. The van der Waals surface area contributed by atoms with Gasteiger partial charge in [-0.3, -0.25) is 9.10 Å². The first kappa shape index (κ1) is 26.4. The van der Waals surface area contributed by atoms with Gasteiger partial charge in [-0.15, -0.1) is 0 Å². The van der Waals surface area contributed by atoms with Gasteiger partial charge in [0.1, 0.15) is 0 Å². The molecule has 172 valence electrons. The van der Waals surface area contributed by atoms with Gasteiger partial charge in [0, 0.05) is 7.05 Å². The fourth-order valence-electron chi connectivity index (χ4n) is 3.46. The number of nitrogens with zero attached hydrogens (tertiary/aromatic N) is 2. The van der Waals surface area contributed by atoms with Crippen LogP contribution < -0.4 is 9.03 Å². The lowest BCUT2D eigenvalue weighted by molar-refractivity contribution is -0.871. The zero-order chi connectivity index (χ0) is 22.8. The largest absolute Gasteiger partial charge is 0.481 e. The van der Waals surface area contributed by atoms with Gasteiger partial charge in [-0.2, -0.15) is 13.1 Å². The van der Waals surface area contributed by atoms with Gasteiger partial charge in [-0.25, -0.2) is 0 Å². The molecule has 30 heavy (non-hydrogen) atoms. The van der Waals surface area contributed by atoms with Gasteiger partial charge in [0.15, 0.2) is 0 Å². The van der Waals surface area contributed by atoms with Crippen LogP contribution in [0.25, 0.3) is 0 Å². The Bertz CT molecular complexity index is 760. The van der Waals surface area contributed by atoms with E-state index in [9.17, 15) is 13.2 Å². The van der Waals surface area contributed by atoms with Gasteiger partial charge in [0.2, 0.25) is 0 Å². The molecule has 0 aliphatic rings. The van der Waals surface area contributed by atoms with Crippen molar-refractivity contribution >= 4 is 21.9 Å². The standard InChI is InChI=1S/C22H39N3O4S/c1-6-7-8-9-10-11-13-19-14-12-15-21(16-19)24(2)30(28,29)23-20(17-22(26)27)18-25(3,4)5/h12,14-16,20,23H,6-11,13,17-18H2,1-5H3/p+1/t20-/m1/s1. The SMILES string of the molecule is CCCCCCCCc1cccc(N(C)S(=O)(=O)N[C@H](CC(=O)O)C[N+](C)(C)C)c1. The van der Waals surface area contributed by atoms with Gasteiger partial charge in [0.05, 0.1) is 45.8 Å². The molecular formula is C22H40N3O4S+. The van der Waals surface area contributed by atoms with Crippen molar-refractivity contribution in [3.63, 3.8) is 0 Å². The van der Waals surface area contributed by atoms with Gasteiger partial charge in [0.25, 0.3) is 0 Å². The summed E-state index contributed by atoms with van der Waals surface area (Å²) in [6.45, 7) is 2.58. The average Bonchev–Trinajstić information content (AvgIpc) is 2.61. The molecule has 1 aromatic carbocycles. The van der Waals surface area contributed by atoms with Gasteiger partial charge in [-0.1, -0.05) is 51.2 Å². The van der Waals surface area contributed by atoms with E-state index >= 15 is 0 Å². The molecule has 0 amide bonds. The Hall–Kier alpha value is -1.64. The molecule has 0 aromatic heterocycles. The van der Waals surface area contributed by atoms with E-state index in [0.717, 1.165) is 18.4 Å². The Balaban J connectivity index is 2.79. The number of rotatable bonds is 15. The van der Waals surface area contributed by atoms with Crippen LogP contribution in [-0.2, 0) is 21.4 Å². The number of carbonyl (C=O) groups is 1. The van der Waals surface area contributed by atoms with Gasteiger partial charge < -0.3 is 9.59 Å².